The van der Waals surface area contributed by atoms with Crippen molar-refractivity contribution >= 4 is 29.2 Å². The number of nitrogens with zero attached hydrogens (tertiary/aromatic N) is 2. The van der Waals surface area contributed by atoms with E-state index in [1.54, 1.807) is 19.1 Å². The van der Waals surface area contributed by atoms with Gasteiger partial charge < -0.3 is 19.8 Å². The minimum atomic E-state index is -0.925. The summed E-state index contributed by atoms with van der Waals surface area (Å²) < 4.78 is 20.3. The molecule has 2 aliphatic carbocycles. The van der Waals surface area contributed by atoms with Gasteiger partial charge in [-0.05, 0) is 49.8 Å². The van der Waals surface area contributed by atoms with E-state index in [0.717, 1.165) is 32.2 Å². The van der Waals surface area contributed by atoms with E-state index in [2.05, 4.69) is 34.5 Å². The molecule has 2 fully saturated rings. The molecule has 184 valence electrons. The van der Waals surface area contributed by atoms with Crippen LogP contribution in [-0.2, 0) is 4.79 Å². The van der Waals surface area contributed by atoms with Crippen LogP contribution < -0.4 is 15.5 Å². The molecule has 0 saturated heterocycles. The Balaban J connectivity index is 1.68. The molecule has 2 unspecified atom stereocenters. The van der Waals surface area contributed by atoms with Gasteiger partial charge in [0.05, 0.1) is 17.3 Å². The number of aryl methyl sites for hydroxylation is 1. The topological polar surface area (TPSA) is 108 Å². The number of hydrogen-bond acceptors (Lipinski definition) is 5. The first-order chi connectivity index (χ1) is 16.2. The number of carbonyl (C=O) groups is 2. The van der Waals surface area contributed by atoms with E-state index in [9.17, 15) is 14.7 Å². The molecule has 2 aliphatic rings. The third kappa shape index (κ3) is 5.51. The van der Waals surface area contributed by atoms with Gasteiger partial charge in [0, 0.05) is 24.6 Å². The van der Waals surface area contributed by atoms with Gasteiger partial charge in [0.1, 0.15) is 11.6 Å². The molecule has 0 spiro atoms. The van der Waals surface area contributed by atoms with E-state index >= 15 is 4.39 Å². The summed E-state index contributed by atoms with van der Waals surface area (Å²) >= 11 is 0. The summed E-state index contributed by atoms with van der Waals surface area (Å²) in [4.78, 5) is 26.4. The van der Waals surface area contributed by atoms with Crippen LogP contribution in [0.4, 0.5) is 26.4 Å². The fourth-order valence-electron chi connectivity index (χ4n) is 4.94. The van der Waals surface area contributed by atoms with Crippen molar-refractivity contribution in [3.05, 3.63) is 35.3 Å². The lowest BCUT2D eigenvalue weighted by Gasteiger charge is -2.38. The number of aliphatic carboxylic acids is 1. The second-order valence-electron chi connectivity index (χ2n) is 9.92. The number of carboxylic acids is 1. The van der Waals surface area contributed by atoms with E-state index in [0.29, 0.717) is 35.0 Å². The highest BCUT2D eigenvalue weighted by molar-refractivity contribution is 6.01. The first-order valence-corrected chi connectivity index (χ1v) is 12.1. The lowest BCUT2D eigenvalue weighted by Crippen LogP contribution is -2.40. The van der Waals surface area contributed by atoms with Crippen LogP contribution in [0, 0.1) is 24.6 Å². The zero-order valence-electron chi connectivity index (χ0n) is 19.9. The van der Waals surface area contributed by atoms with Crippen molar-refractivity contribution in [2.45, 2.75) is 71.3 Å². The number of urea groups is 1. The average Bonchev–Trinajstić information content (AvgIpc) is 3.49. The van der Waals surface area contributed by atoms with Crippen LogP contribution in [0.3, 0.4) is 0 Å². The lowest BCUT2D eigenvalue weighted by molar-refractivity contribution is -0.138. The summed E-state index contributed by atoms with van der Waals surface area (Å²) in [5.74, 6) is -1.15. The molecule has 2 amide bonds. The summed E-state index contributed by atoms with van der Waals surface area (Å²) in [6.45, 7) is 6.69. The Morgan fingerprint density at radius 3 is 2.53 bits per heavy atom. The highest BCUT2D eigenvalue weighted by atomic mass is 19.1. The predicted octanol–water partition coefficient (Wildman–Crippen LogP) is 5.75. The highest BCUT2D eigenvalue weighted by Gasteiger charge is 2.46. The maximum atomic E-state index is 15.3. The van der Waals surface area contributed by atoms with Crippen molar-refractivity contribution in [3.8, 4) is 0 Å². The zero-order valence-corrected chi connectivity index (χ0v) is 19.9. The SMILES string of the molecule is Cc1cc(NC(=O)Nc2cc(C3CC3C(=O)O)c(F)cc2N(CC(C)C)C2CCCCC2)no1. The van der Waals surface area contributed by atoms with Crippen molar-refractivity contribution < 1.29 is 23.6 Å². The Morgan fingerprint density at radius 1 is 1.21 bits per heavy atom. The third-order valence-corrected chi connectivity index (χ3v) is 6.63. The first kappa shape index (κ1) is 24.0. The molecular weight excluding hydrogens is 439 g/mol. The average molecular weight is 473 g/mol. The zero-order chi connectivity index (χ0) is 24.4. The van der Waals surface area contributed by atoms with Gasteiger partial charge in [-0.2, -0.15) is 0 Å². The van der Waals surface area contributed by atoms with Gasteiger partial charge in [0.2, 0.25) is 0 Å². The second kappa shape index (κ2) is 10.0. The van der Waals surface area contributed by atoms with Gasteiger partial charge in [-0.25, -0.2) is 9.18 Å². The Morgan fingerprint density at radius 2 is 1.94 bits per heavy atom. The number of amides is 2. The molecule has 0 radical (unpaired) electrons. The molecule has 0 aliphatic heterocycles. The number of anilines is 3. The van der Waals surface area contributed by atoms with Crippen LogP contribution in [0.25, 0.3) is 0 Å². The third-order valence-electron chi connectivity index (χ3n) is 6.63. The number of benzene rings is 1. The molecule has 0 bridgehead atoms. The lowest BCUT2D eigenvalue weighted by atomic mass is 9.92. The minimum absolute atomic E-state index is 0.260. The van der Waals surface area contributed by atoms with E-state index in [4.69, 9.17) is 4.52 Å². The summed E-state index contributed by atoms with van der Waals surface area (Å²) in [6.07, 6.45) is 5.87. The monoisotopic (exact) mass is 472 g/mol. The number of carboxylic acid groups (broad SMARTS) is 1. The number of hydrogen-bond donors (Lipinski definition) is 3. The van der Waals surface area contributed by atoms with Crippen molar-refractivity contribution in [3.63, 3.8) is 0 Å². The molecule has 2 atom stereocenters. The van der Waals surface area contributed by atoms with Crippen molar-refractivity contribution in [1.82, 2.24) is 5.16 Å². The molecular formula is C25H33FN4O4. The van der Waals surface area contributed by atoms with Crippen LogP contribution in [0.2, 0.25) is 0 Å². The normalized spacial score (nSPS) is 20.3. The maximum absolute atomic E-state index is 15.3. The number of carbonyl (C=O) groups excluding carboxylic acids is 1. The largest absolute Gasteiger partial charge is 0.481 e. The van der Waals surface area contributed by atoms with E-state index in [-0.39, 0.29) is 17.8 Å². The molecule has 1 heterocycles. The fourth-order valence-corrected chi connectivity index (χ4v) is 4.94. The molecule has 1 aromatic carbocycles. The highest BCUT2D eigenvalue weighted by Crippen LogP contribution is 2.50. The molecule has 2 saturated carbocycles. The van der Waals surface area contributed by atoms with E-state index in [1.165, 1.54) is 12.5 Å². The molecule has 9 heteroatoms. The van der Waals surface area contributed by atoms with Crippen LogP contribution in [0.15, 0.2) is 22.7 Å². The van der Waals surface area contributed by atoms with Crippen molar-refractivity contribution in [1.29, 1.82) is 0 Å². The van der Waals surface area contributed by atoms with Gasteiger partial charge >= 0.3 is 12.0 Å². The Hall–Kier alpha value is -3.10. The number of rotatable bonds is 8. The number of aromatic nitrogens is 1. The van der Waals surface area contributed by atoms with Crippen molar-refractivity contribution in [2.24, 2.45) is 11.8 Å². The van der Waals surface area contributed by atoms with E-state index in [1.807, 2.05) is 0 Å². The summed E-state index contributed by atoms with van der Waals surface area (Å²) in [7, 11) is 0. The molecule has 3 N–H and O–H groups in total. The van der Waals surface area contributed by atoms with Gasteiger partial charge in [-0.15, -0.1) is 0 Å². The summed E-state index contributed by atoms with van der Waals surface area (Å²) in [5, 5.41) is 18.6. The Kier molecular flexibility index (Phi) is 7.09. The smallest absolute Gasteiger partial charge is 0.325 e. The fraction of sp³-hybridized carbons (Fsp3) is 0.560. The van der Waals surface area contributed by atoms with E-state index < -0.39 is 23.7 Å². The minimum Gasteiger partial charge on any atom is -0.481 e. The Labute approximate surface area is 198 Å². The number of nitrogens with one attached hydrogen (secondary N) is 2. The molecule has 2 aromatic rings. The first-order valence-electron chi connectivity index (χ1n) is 12.1. The van der Waals surface area contributed by atoms with Crippen molar-refractivity contribution in [2.75, 3.05) is 22.1 Å². The second-order valence-corrected chi connectivity index (χ2v) is 9.92. The standard InChI is InChI=1S/C25H33FN4O4/c1-14(2)13-30(16-7-5-4-6-8-16)22-12-20(26)18(17-10-19(17)24(31)32)11-21(22)27-25(33)28-23-9-15(3)34-29-23/h9,11-12,14,16-17,19H,4-8,10,13H2,1-3H3,(H,31,32)(H2,27,28,29,33). The van der Waals surface area contributed by atoms with Gasteiger partial charge in [0.25, 0.3) is 0 Å². The molecule has 4 rings (SSSR count). The van der Waals surface area contributed by atoms with Crippen LogP contribution in [0.5, 0.6) is 0 Å². The number of halogens is 1. The summed E-state index contributed by atoms with van der Waals surface area (Å²) in [5.41, 5.74) is 1.43. The predicted molar refractivity (Wildman–Crippen MR) is 128 cm³/mol. The Bertz CT molecular complexity index is 1050. The van der Waals surface area contributed by atoms with Crippen LogP contribution in [-0.4, -0.2) is 34.9 Å². The maximum Gasteiger partial charge on any atom is 0.325 e. The molecule has 34 heavy (non-hydrogen) atoms. The van der Waals surface area contributed by atoms with Crippen LogP contribution >= 0.6 is 0 Å². The van der Waals surface area contributed by atoms with Gasteiger partial charge in [-0.1, -0.05) is 38.3 Å². The van der Waals surface area contributed by atoms with Gasteiger partial charge in [-0.3, -0.25) is 10.1 Å². The van der Waals surface area contributed by atoms with Crippen LogP contribution in [0.1, 0.15) is 69.6 Å². The summed E-state index contributed by atoms with van der Waals surface area (Å²) in [6, 6.07) is 4.43. The van der Waals surface area contributed by atoms with Gasteiger partial charge in [0.15, 0.2) is 5.82 Å². The molecule has 8 nitrogen and oxygen atoms in total. The molecule has 1 aromatic heterocycles. The quantitative estimate of drug-likeness (QED) is 0.452.